The fourth-order valence-electron chi connectivity index (χ4n) is 0.493. The van der Waals surface area contributed by atoms with Crippen LogP contribution in [0, 0.1) is 0 Å². The van der Waals surface area contributed by atoms with E-state index in [1.54, 1.807) is 0 Å². The van der Waals surface area contributed by atoms with Crippen LogP contribution in [-0.2, 0) is 4.43 Å². The van der Waals surface area contributed by atoms with E-state index in [9.17, 15) is 0 Å². The molecule has 3 heteroatoms. The van der Waals surface area contributed by atoms with Gasteiger partial charge in [-0.3, -0.25) is 0 Å². The molecule has 9 heavy (non-hydrogen) atoms. The van der Waals surface area contributed by atoms with Crippen molar-refractivity contribution in [2.24, 2.45) is 0 Å². The fourth-order valence-corrected chi connectivity index (χ4v) is 1.70. The Morgan fingerprint density at radius 1 is 1.56 bits per heavy atom. The van der Waals surface area contributed by atoms with E-state index in [2.05, 4.69) is 32.6 Å². The van der Waals surface area contributed by atoms with Crippen LogP contribution in [0.25, 0.3) is 0 Å². The molecule has 0 aromatic rings. The summed E-state index contributed by atoms with van der Waals surface area (Å²) in [6.07, 6.45) is 0. The maximum Gasteiger partial charge on any atom is 0.198 e. The summed E-state index contributed by atoms with van der Waals surface area (Å²) in [6, 6.07) is 0. The SMILES string of the molecule is CCO[Si](C)(C)C(C)S. The molecule has 56 valence electrons. The van der Waals surface area contributed by atoms with Gasteiger partial charge in [0.1, 0.15) is 0 Å². The Balaban J connectivity index is 3.70. The van der Waals surface area contributed by atoms with Crippen LogP contribution in [0.15, 0.2) is 0 Å². The van der Waals surface area contributed by atoms with Crippen molar-refractivity contribution < 1.29 is 4.43 Å². The summed E-state index contributed by atoms with van der Waals surface area (Å²) in [6.45, 7) is 9.34. The minimum atomic E-state index is -1.42. The molecule has 0 radical (unpaired) electrons. The van der Waals surface area contributed by atoms with Crippen molar-refractivity contribution in [1.82, 2.24) is 0 Å². The molecule has 0 aliphatic carbocycles. The first kappa shape index (κ1) is 9.53. The Morgan fingerprint density at radius 2 is 2.00 bits per heavy atom. The topological polar surface area (TPSA) is 9.23 Å². The van der Waals surface area contributed by atoms with Crippen molar-refractivity contribution in [3.63, 3.8) is 0 Å². The quantitative estimate of drug-likeness (QED) is 0.496. The lowest BCUT2D eigenvalue weighted by atomic mass is 10.9. The predicted molar refractivity (Wildman–Crippen MR) is 47.6 cm³/mol. The molecule has 0 aromatic heterocycles. The summed E-state index contributed by atoms with van der Waals surface area (Å²) >= 11 is 4.35. The molecule has 0 saturated heterocycles. The zero-order valence-electron chi connectivity index (χ0n) is 6.64. The highest BCUT2D eigenvalue weighted by Crippen LogP contribution is 2.14. The summed E-state index contributed by atoms with van der Waals surface area (Å²) in [4.78, 5) is 0.428. The molecule has 0 N–H and O–H groups in total. The average molecular weight is 164 g/mol. The average Bonchev–Trinajstić information content (AvgIpc) is 1.65. The van der Waals surface area contributed by atoms with Gasteiger partial charge in [-0.05, 0) is 20.0 Å². The third-order valence-electron chi connectivity index (χ3n) is 1.52. The first-order chi connectivity index (χ1) is 4.00. The number of hydrogen-bond donors (Lipinski definition) is 1. The largest absolute Gasteiger partial charge is 0.417 e. The van der Waals surface area contributed by atoms with Crippen molar-refractivity contribution in [2.45, 2.75) is 31.8 Å². The second-order valence-electron chi connectivity index (χ2n) is 2.71. The molecular weight excluding hydrogens is 148 g/mol. The summed E-state index contributed by atoms with van der Waals surface area (Å²) in [5, 5.41) is 0. The monoisotopic (exact) mass is 164 g/mol. The maximum atomic E-state index is 5.55. The Labute approximate surface area is 64.3 Å². The molecule has 0 spiro atoms. The van der Waals surface area contributed by atoms with Gasteiger partial charge in [0.05, 0.1) is 0 Å². The van der Waals surface area contributed by atoms with E-state index >= 15 is 0 Å². The van der Waals surface area contributed by atoms with Crippen LogP contribution >= 0.6 is 12.6 Å². The zero-order chi connectivity index (χ0) is 7.49. The highest BCUT2D eigenvalue weighted by molar-refractivity contribution is 7.83. The van der Waals surface area contributed by atoms with Crippen LogP contribution in [0.2, 0.25) is 13.1 Å². The molecular formula is C6H16OSSi. The minimum absolute atomic E-state index is 0.428. The first-order valence-corrected chi connectivity index (χ1v) is 6.83. The smallest absolute Gasteiger partial charge is 0.198 e. The van der Waals surface area contributed by atoms with Gasteiger partial charge >= 0.3 is 0 Å². The molecule has 0 rings (SSSR count). The molecule has 0 bridgehead atoms. The van der Waals surface area contributed by atoms with Crippen LogP contribution in [-0.4, -0.2) is 19.8 Å². The van der Waals surface area contributed by atoms with Crippen molar-refractivity contribution in [3.05, 3.63) is 0 Å². The van der Waals surface area contributed by atoms with Crippen LogP contribution < -0.4 is 0 Å². The van der Waals surface area contributed by atoms with Gasteiger partial charge in [-0.15, -0.1) is 0 Å². The first-order valence-electron chi connectivity index (χ1n) is 3.32. The van der Waals surface area contributed by atoms with Gasteiger partial charge in [0.25, 0.3) is 0 Å². The van der Waals surface area contributed by atoms with E-state index in [0.717, 1.165) is 6.61 Å². The van der Waals surface area contributed by atoms with Crippen LogP contribution in [0.5, 0.6) is 0 Å². The van der Waals surface area contributed by atoms with Crippen molar-refractivity contribution in [2.75, 3.05) is 6.61 Å². The fraction of sp³-hybridized carbons (Fsp3) is 1.00. The van der Waals surface area contributed by atoms with Gasteiger partial charge in [0.2, 0.25) is 0 Å². The minimum Gasteiger partial charge on any atom is -0.417 e. The second-order valence-corrected chi connectivity index (χ2v) is 8.33. The van der Waals surface area contributed by atoms with Gasteiger partial charge in [-0.25, -0.2) is 0 Å². The molecule has 0 aliphatic rings. The molecule has 0 aromatic carbocycles. The van der Waals surface area contributed by atoms with Gasteiger partial charge in [0, 0.05) is 11.5 Å². The summed E-state index contributed by atoms with van der Waals surface area (Å²) < 4.78 is 5.55. The molecule has 0 aliphatic heterocycles. The van der Waals surface area contributed by atoms with Gasteiger partial charge in [-0.2, -0.15) is 12.6 Å². The van der Waals surface area contributed by atoms with E-state index in [1.807, 2.05) is 6.92 Å². The Hall–Kier alpha value is 0.527. The highest BCUT2D eigenvalue weighted by atomic mass is 32.1. The van der Waals surface area contributed by atoms with Gasteiger partial charge in [0.15, 0.2) is 8.32 Å². The summed E-state index contributed by atoms with van der Waals surface area (Å²) in [7, 11) is -1.42. The molecule has 0 heterocycles. The molecule has 1 unspecified atom stereocenters. The molecule has 1 atom stereocenters. The molecule has 0 fully saturated rings. The second kappa shape index (κ2) is 3.64. The summed E-state index contributed by atoms with van der Waals surface area (Å²) in [5.41, 5.74) is 0. The Bertz CT molecular complexity index is 83.1. The van der Waals surface area contributed by atoms with Crippen molar-refractivity contribution in [3.8, 4) is 0 Å². The van der Waals surface area contributed by atoms with Crippen LogP contribution in [0.1, 0.15) is 13.8 Å². The lowest BCUT2D eigenvalue weighted by Crippen LogP contribution is -2.39. The molecule has 0 saturated carbocycles. The van der Waals surface area contributed by atoms with E-state index in [0.29, 0.717) is 4.87 Å². The van der Waals surface area contributed by atoms with Crippen LogP contribution in [0.3, 0.4) is 0 Å². The van der Waals surface area contributed by atoms with E-state index < -0.39 is 8.32 Å². The van der Waals surface area contributed by atoms with Crippen molar-refractivity contribution >= 4 is 20.9 Å². The lowest BCUT2D eigenvalue weighted by molar-refractivity contribution is 0.329. The highest BCUT2D eigenvalue weighted by Gasteiger charge is 2.26. The zero-order valence-corrected chi connectivity index (χ0v) is 8.53. The Kier molecular flexibility index (Phi) is 3.85. The Morgan fingerprint density at radius 3 is 2.11 bits per heavy atom. The standard InChI is InChI=1S/C6H16OSSi/c1-5-7-9(3,4)6(2)8/h6,8H,5H2,1-4H3. The van der Waals surface area contributed by atoms with Crippen LogP contribution in [0.4, 0.5) is 0 Å². The van der Waals surface area contributed by atoms with Gasteiger partial charge in [-0.1, -0.05) is 6.92 Å². The molecule has 0 amide bonds. The number of rotatable bonds is 3. The maximum absolute atomic E-state index is 5.55. The van der Waals surface area contributed by atoms with E-state index in [1.165, 1.54) is 0 Å². The molecule has 1 nitrogen and oxygen atoms in total. The number of hydrogen-bond acceptors (Lipinski definition) is 2. The third-order valence-corrected chi connectivity index (χ3v) is 6.43. The van der Waals surface area contributed by atoms with Gasteiger partial charge < -0.3 is 4.43 Å². The number of thiol groups is 1. The summed E-state index contributed by atoms with van der Waals surface area (Å²) in [5.74, 6) is 0. The third kappa shape index (κ3) is 3.28. The van der Waals surface area contributed by atoms with E-state index in [-0.39, 0.29) is 0 Å². The predicted octanol–water partition coefficient (Wildman–Crippen LogP) is 2.09. The lowest BCUT2D eigenvalue weighted by Gasteiger charge is -2.24. The van der Waals surface area contributed by atoms with E-state index in [4.69, 9.17) is 4.43 Å². The normalized spacial score (nSPS) is 15.7. The van der Waals surface area contributed by atoms with Crippen molar-refractivity contribution in [1.29, 1.82) is 0 Å².